The summed E-state index contributed by atoms with van der Waals surface area (Å²) in [5, 5.41) is 0. The van der Waals surface area contributed by atoms with Crippen LogP contribution in [0.3, 0.4) is 0 Å². The highest BCUT2D eigenvalue weighted by Crippen LogP contribution is 2.50. The van der Waals surface area contributed by atoms with E-state index in [1.165, 1.54) is 32.1 Å². The Morgan fingerprint density at radius 2 is 1.93 bits per heavy atom. The van der Waals surface area contributed by atoms with Gasteiger partial charge in [0.2, 0.25) is 0 Å². The summed E-state index contributed by atoms with van der Waals surface area (Å²) >= 11 is 0. The third-order valence-electron chi connectivity index (χ3n) is 5.12. The lowest BCUT2D eigenvalue weighted by molar-refractivity contribution is 0.213. The van der Waals surface area contributed by atoms with Gasteiger partial charge in [-0.05, 0) is 49.0 Å². The summed E-state index contributed by atoms with van der Waals surface area (Å²) in [6, 6.07) is 0. The van der Waals surface area contributed by atoms with Gasteiger partial charge in [-0.1, -0.05) is 33.1 Å². The standard InChI is InChI=1S/C13H25N/c1-9-10(2)13-8-12(9)5-3-4-11(13)6-7-14/h9-13H,3-8,14H2,1-2H3. The van der Waals surface area contributed by atoms with Crippen LogP contribution in [0, 0.1) is 29.6 Å². The molecule has 0 saturated heterocycles. The Hall–Kier alpha value is -0.0400. The third-order valence-corrected chi connectivity index (χ3v) is 5.12. The van der Waals surface area contributed by atoms with E-state index < -0.39 is 0 Å². The Bertz CT molecular complexity index is 190. The molecule has 1 nitrogen and oxygen atoms in total. The van der Waals surface area contributed by atoms with E-state index in [0.29, 0.717) is 0 Å². The maximum absolute atomic E-state index is 5.72. The van der Waals surface area contributed by atoms with Crippen molar-refractivity contribution in [2.24, 2.45) is 35.3 Å². The molecule has 0 aromatic rings. The first kappa shape index (κ1) is 10.5. The van der Waals surface area contributed by atoms with Gasteiger partial charge in [0.1, 0.15) is 0 Å². The van der Waals surface area contributed by atoms with Gasteiger partial charge in [-0.15, -0.1) is 0 Å². The van der Waals surface area contributed by atoms with E-state index in [1.54, 1.807) is 0 Å². The minimum atomic E-state index is 0.896. The number of nitrogens with two attached hydrogens (primary N) is 1. The molecule has 2 rings (SSSR count). The van der Waals surface area contributed by atoms with Crippen LogP contribution >= 0.6 is 0 Å². The number of fused-ring (bicyclic) bond motifs is 2. The second-order valence-electron chi connectivity index (χ2n) is 5.65. The average molecular weight is 195 g/mol. The summed E-state index contributed by atoms with van der Waals surface area (Å²) in [6.45, 7) is 5.84. The Kier molecular flexibility index (Phi) is 3.16. The van der Waals surface area contributed by atoms with E-state index in [4.69, 9.17) is 5.73 Å². The van der Waals surface area contributed by atoms with E-state index >= 15 is 0 Å². The highest BCUT2D eigenvalue weighted by atomic mass is 14.5. The zero-order valence-corrected chi connectivity index (χ0v) is 9.71. The zero-order chi connectivity index (χ0) is 10.1. The SMILES string of the molecule is CC1C2CCCC(CCN)C(C2)C1C. The maximum Gasteiger partial charge on any atom is -0.00745 e. The van der Waals surface area contributed by atoms with Crippen LogP contribution in [-0.4, -0.2) is 6.54 Å². The van der Waals surface area contributed by atoms with Gasteiger partial charge in [-0.25, -0.2) is 0 Å². The predicted molar refractivity (Wildman–Crippen MR) is 60.9 cm³/mol. The summed E-state index contributed by atoms with van der Waals surface area (Å²) in [7, 11) is 0. The van der Waals surface area contributed by atoms with Crippen LogP contribution in [0.4, 0.5) is 0 Å². The first-order valence-corrected chi connectivity index (χ1v) is 6.44. The Morgan fingerprint density at radius 3 is 2.64 bits per heavy atom. The normalized spacial score (nSPS) is 47.8. The van der Waals surface area contributed by atoms with Crippen molar-refractivity contribution in [1.29, 1.82) is 0 Å². The van der Waals surface area contributed by atoms with Crippen LogP contribution in [0.1, 0.15) is 46.0 Å². The molecule has 2 N–H and O–H groups in total. The van der Waals surface area contributed by atoms with Crippen LogP contribution in [0.25, 0.3) is 0 Å². The molecule has 5 unspecified atom stereocenters. The van der Waals surface area contributed by atoms with Crippen molar-refractivity contribution >= 4 is 0 Å². The Labute approximate surface area is 88.4 Å². The monoisotopic (exact) mass is 195 g/mol. The van der Waals surface area contributed by atoms with Crippen molar-refractivity contribution in [2.45, 2.75) is 46.0 Å². The minimum Gasteiger partial charge on any atom is -0.330 e. The zero-order valence-electron chi connectivity index (χ0n) is 9.71. The number of rotatable bonds is 2. The predicted octanol–water partition coefficient (Wildman–Crippen LogP) is 3.04. The van der Waals surface area contributed by atoms with E-state index in [9.17, 15) is 0 Å². The number of hydrogen-bond acceptors (Lipinski definition) is 1. The second-order valence-corrected chi connectivity index (χ2v) is 5.65. The fourth-order valence-electron chi connectivity index (χ4n) is 4.03. The summed E-state index contributed by atoms with van der Waals surface area (Å²) in [6.07, 6.45) is 7.18. The highest BCUT2D eigenvalue weighted by Gasteiger charge is 2.42. The van der Waals surface area contributed by atoms with Gasteiger partial charge in [0.15, 0.2) is 0 Å². The number of hydrogen-bond donors (Lipinski definition) is 1. The summed E-state index contributed by atoms with van der Waals surface area (Å²) in [5.74, 6) is 4.92. The van der Waals surface area contributed by atoms with Crippen LogP contribution in [0.15, 0.2) is 0 Å². The van der Waals surface area contributed by atoms with Gasteiger partial charge in [-0.2, -0.15) is 0 Å². The van der Waals surface area contributed by atoms with Crippen molar-refractivity contribution in [1.82, 2.24) is 0 Å². The molecule has 5 atom stereocenters. The van der Waals surface area contributed by atoms with Crippen molar-refractivity contribution in [3.63, 3.8) is 0 Å². The van der Waals surface area contributed by atoms with Crippen molar-refractivity contribution in [3.05, 3.63) is 0 Å². The van der Waals surface area contributed by atoms with Crippen LogP contribution in [0.2, 0.25) is 0 Å². The molecule has 1 heteroatoms. The quantitative estimate of drug-likeness (QED) is 0.720. The average Bonchev–Trinajstić information content (AvgIpc) is 2.41. The summed E-state index contributed by atoms with van der Waals surface area (Å²) < 4.78 is 0. The van der Waals surface area contributed by atoms with Crippen LogP contribution in [0.5, 0.6) is 0 Å². The van der Waals surface area contributed by atoms with Gasteiger partial charge in [0.05, 0.1) is 0 Å². The first-order chi connectivity index (χ1) is 6.74. The first-order valence-electron chi connectivity index (χ1n) is 6.44. The fraction of sp³-hybridized carbons (Fsp3) is 1.00. The van der Waals surface area contributed by atoms with Gasteiger partial charge < -0.3 is 5.73 Å². The minimum absolute atomic E-state index is 0.896. The molecule has 2 aliphatic carbocycles. The van der Waals surface area contributed by atoms with Crippen LogP contribution < -0.4 is 5.73 Å². The molecule has 2 saturated carbocycles. The molecule has 2 aliphatic rings. The molecule has 82 valence electrons. The molecule has 0 spiro atoms. The van der Waals surface area contributed by atoms with Crippen molar-refractivity contribution < 1.29 is 0 Å². The lowest BCUT2D eigenvalue weighted by Gasteiger charge is -2.28. The second kappa shape index (κ2) is 4.22. The van der Waals surface area contributed by atoms with Gasteiger partial charge in [0, 0.05) is 0 Å². The largest absolute Gasteiger partial charge is 0.330 e. The van der Waals surface area contributed by atoms with E-state index in [-0.39, 0.29) is 0 Å². The molecule has 0 amide bonds. The molecular formula is C13H25N. The van der Waals surface area contributed by atoms with Gasteiger partial charge >= 0.3 is 0 Å². The van der Waals surface area contributed by atoms with Gasteiger partial charge in [-0.3, -0.25) is 0 Å². The molecule has 0 radical (unpaired) electrons. The van der Waals surface area contributed by atoms with Gasteiger partial charge in [0.25, 0.3) is 0 Å². The molecule has 2 fully saturated rings. The van der Waals surface area contributed by atoms with Crippen LogP contribution in [-0.2, 0) is 0 Å². The topological polar surface area (TPSA) is 26.0 Å². The summed E-state index contributed by atoms with van der Waals surface area (Å²) in [4.78, 5) is 0. The molecular weight excluding hydrogens is 170 g/mol. The summed E-state index contributed by atoms with van der Waals surface area (Å²) in [5.41, 5.74) is 5.72. The molecule has 14 heavy (non-hydrogen) atoms. The lowest BCUT2D eigenvalue weighted by Crippen LogP contribution is -2.23. The molecule has 0 aliphatic heterocycles. The third kappa shape index (κ3) is 1.71. The van der Waals surface area contributed by atoms with E-state index in [0.717, 1.165) is 36.1 Å². The van der Waals surface area contributed by atoms with Crippen molar-refractivity contribution in [2.75, 3.05) is 6.54 Å². The molecule has 2 bridgehead atoms. The smallest absolute Gasteiger partial charge is 0.00745 e. The Balaban J connectivity index is 2.07. The van der Waals surface area contributed by atoms with E-state index in [1.807, 2.05) is 0 Å². The fourth-order valence-corrected chi connectivity index (χ4v) is 4.03. The van der Waals surface area contributed by atoms with E-state index in [2.05, 4.69) is 13.8 Å². The lowest BCUT2D eigenvalue weighted by atomic mass is 9.77. The van der Waals surface area contributed by atoms with Crippen molar-refractivity contribution in [3.8, 4) is 0 Å². The molecule has 0 aromatic carbocycles. The Morgan fingerprint density at radius 1 is 1.14 bits per heavy atom. The highest BCUT2D eigenvalue weighted by molar-refractivity contribution is 4.92. The molecule has 0 aromatic heterocycles. The maximum atomic E-state index is 5.72. The molecule has 0 heterocycles.